The fourth-order valence-electron chi connectivity index (χ4n) is 2.55. The Bertz CT molecular complexity index is 999. The van der Waals surface area contributed by atoms with Gasteiger partial charge in [-0.15, -0.1) is 15.3 Å². The van der Waals surface area contributed by atoms with Crippen LogP contribution in [0.1, 0.15) is 24.2 Å². The zero-order valence-electron chi connectivity index (χ0n) is 13.4. The van der Waals surface area contributed by atoms with Gasteiger partial charge in [0.1, 0.15) is 17.9 Å². The van der Waals surface area contributed by atoms with Crippen molar-refractivity contribution in [1.82, 2.24) is 29.8 Å². The van der Waals surface area contributed by atoms with Crippen molar-refractivity contribution in [2.75, 3.05) is 5.32 Å². The summed E-state index contributed by atoms with van der Waals surface area (Å²) in [5.74, 6) is 2.20. The largest absolute Gasteiger partial charge is 0.508 e. The van der Waals surface area contributed by atoms with Gasteiger partial charge in [-0.25, -0.2) is 9.97 Å². The number of hydrogen-bond acceptors (Lipinski definition) is 7. The Morgan fingerprint density at radius 1 is 1.00 bits per heavy atom. The molecule has 1 atom stereocenters. The highest BCUT2D eigenvalue weighted by atomic mass is 16.3. The number of fused-ring (bicyclic) bond motifs is 1. The molecule has 0 radical (unpaired) electrons. The average molecular weight is 333 g/mol. The maximum atomic E-state index is 9.45. The Morgan fingerprint density at radius 3 is 2.60 bits per heavy atom. The molecule has 0 aliphatic carbocycles. The minimum absolute atomic E-state index is 0.0302. The van der Waals surface area contributed by atoms with E-state index in [9.17, 15) is 5.11 Å². The quantitative estimate of drug-likeness (QED) is 0.591. The molecule has 0 bridgehead atoms. The molecule has 25 heavy (non-hydrogen) atoms. The minimum atomic E-state index is -0.0302. The van der Waals surface area contributed by atoms with Gasteiger partial charge in [0.15, 0.2) is 17.3 Å². The number of nitrogens with zero attached hydrogens (tertiary/aromatic N) is 6. The maximum Gasteiger partial charge on any atom is 0.178 e. The van der Waals surface area contributed by atoms with Gasteiger partial charge in [0.2, 0.25) is 0 Å². The lowest BCUT2D eigenvalue weighted by Crippen LogP contribution is -2.07. The van der Waals surface area contributed by atoms with E-state index in [4.69, 9.17) is 0 Å². The third-order valence-corrected chi connectivity index (χ3v) is 3.91. The van der Waals surface area contributed by atoms with Gasteiger partial charge in [-0.3, -0.25) is 0 Å². The van der Waals surface area contributed by atoms with Crippen molar-refractivity contribution in [3.63, 3.8) is 0 Å². The van der Waals surface area contributed by atoms with Gasteiger partial charge in [-0.2, -0.15) is 4.52 Å². The fraction of sp³-hybridized carbons (Fsp3) is 0.118. The van der Waals surface area contributed by atoms with E-state index in [2.05, 4.69) is 30.6 Å². The van der Waals surface area contributed by atoms with E-state index in [0.717, 1.165) is 5.56 Å². The van der Waals surface area contributed by atoms with Crippen LogP contribution in [0, 0.1) is 0 Å². The SMILES string of the molecule is C[C@@H](c1ccc(O)cc1)c1nnc2ccc(Nc3ccncn3)nn12. The summed E-state index contributed by atoms with van der Waals surface area (Å²) < 4.78 is 1.71. The van der Waals surface area contributed by atoms with Crippen molar-refractivity contribution in [2.24, 2.45) is 0 Å². The summed E-state index contributed by atoms with van der Waals surface area (Å²) in [6.07, 6.45) is 3.13. The molecular weight excluding hydrogens is 318 g/mol. The molecule has 3 heterocycles. The summed E-state index contributed by atoms with van der Waals surface area (Å²) in [5.41, 5.74) is 1.68. The molecule has 2 N–H and O–H groups in total. The number of benzene rings is 1. The van der Waals surface area contributed by atoms with E-state index in [1.54, 1.807) is 28.9 Å². The molecule has 0 aliphatic rings. The van der Waals surface area contributed by atoms with Crippen LogP contribution in [0.4, 0.5) is 11.6 Å². The number of phenolic OH excluding ortho intramolecular Hbond substituents is 1. The summed E-state index contributed by atoms with van der Waals surface area (Å²) in [6, 6.07) is 12.5. The Hall–Kier alpha value is -3.55. The average Bonchev–Trinajstić information content (AvgIpc) is 3.06. The van der Waals surface area contributed by atoms with E-state index in [-0.39, 0.29) is 11.7 Å². The monoisotopic (exact) mass is 333 g/mol. The van der Waals surface area contributed by atoms with Gasteiger partial charge >= 0.3 is 0 Å². The van der Waals surface area contributed by atoms with Crippen molar-refractivity contribution >= 4 is 17.3 Å². The summed E-state index contributed by atoms with van der Waals surface area (Å²) >= 11 is 0. The smallest absolute Gasteiger partial charge is 0.178 e. The minimum Gasteiger partial charge on any atom is -0.508 e. The lowest BCUT2D eigenvalue weighted by Gasteiger charge is -2.10. The van der Waals surface area contributed by atoms with Crippen LogP contribution in [0.15, 0.2) is 55.0 Å². The molecular formula is C17H15N7O. The molecule has 0 saturated heterocycles. The summed E-state index contributed by atoms with van der Waals surface area (Å²) in [4.78, 5) is 8.02. The molecule has 4 aromatic rings. The van der Waals surface area contributed by atoms with Crippen molar-refractivity contribution in [3.05, 3.63) is 66.4 Å². The van der Waals surface area contributed by atoms with Crippen LogP contribution in [0.2, 0.25) is 0 Å². The predicted molar refractivity (Wildman–Crippen MR) is 91.7 cm³/mol. The van der Waals surface area contributed by atoms with Crippen LogP contribution in [0.3, 0.4) is 0 Å². The molecule has 3 aromatic heterocycles. The first-order chi connectivity index (χ1) is 12.2. The van der Waals surface area contributed by atoms with Crippen molar-refractivity contribution < 1.29 is 5.11 Å². The molecule has 8 nitrogen and oxygen atoms in total. The number of anilines is 2. The number of aromatic hydroxyl groups is 1. The highest BCUT2D eigenvalue weighted by Crippen LogP contribution is 2.24. The third kappa shape index (κ3) is 2.97. The number of rotatable bonds is 4. The van der Waals surface area contributed by atoms with Gasteiger partial charge in [0.25, 0.3) is 0 Å². The van der Waals surface area contributed by atoms with E-state index >= 15 is 0 Å². The topological polar surface area (TPSA) is 101 Å². The number of hydrogen-bond donors (Lipinski definition) is 2. The first-order valence-electron chi connectivity index (χ1n) is 7.75. The highest BCUT2D eigenvalue weighted by molar-refractivity contribution is 5.53. The van der Waals surface area contributed by atoms with Crippen molar-refractivity contribution in [1.29, 1.82) is 0 Å². The standard InChI is InChI=1S/C17H15N7O/c1-11(12-2-4-13(25)5-3-12)17-22-21-16-7-6-15(23-24(16)17)20-14-8-9-18-10-19-14/h2-11,25H,1H3,(H,18,19,20,23)/t11-/m0/s1. The highest BCUT2D eigenvalue weighted by Gasteiger charge is 2.17. The number of phenols is 1. The Balaban J connectivity index is 1.70. The van der Waals surface area contributed by atoms with Crippen LogP contribution in [-0.4, -0.2) is 34.9 Å². The van der Waals surface area contributed by atoms with Crippen LogP contribution >= 0.6 is 0 Å². The summed E-state index contributed by atoms with van der Waals surface area (Å²) in [6.45, 7) is 2.02. The van der Waals surface area contributed by atoms with Crippen LogP contribution in [0.25, 0.3) is 5.65 Å². The van der Waals surface area contributed by atoms with E-state index in [1.165, 1.54) is 6.33 Å². The van der Waals surface area contributed by atoms with Crippen molar-refractivity contribution in [2.45, 2.75) is 12.8 Å². The zero-order valence-corrected chi connectivity index (χ0v) is 13.4. The fourth-order valence-corrected chi connectivity index (χ4v) is 2.55. The first kappa shape index (κ1) is 15.0. The first-order valence-corrected chi connectivity index (χ1v) is 7.75. The maximum absolute atomic E-state index is 9.45. The predicted octanol–water partition coefficient (Wildman–Crippen LogP) is 2.52. The van der Waals surface area contributed by atoms with E-state index in [1.807, 2.05) is 31.2 Å². The van der Waals surface area contributed by atoms with Crippen LogP contribution < -0.4 is 5.32 Å². The van der Waals surface area contributed by atoms with Gasteiger partial charge in [-0.05, 0) is 35.9 Å². The van der Waals surface area contributed by atoms with Gasteiger partial charge in [-0.1, -0.05) is 19.1 Å². The Morgan fingerprint density at radius 2 is 1.84 bits per heavy atom. The number of nitrogens with one attached hydrogen (secondary N) is 1. The van der Waals surface area contributed by atoms with Gasteiger partial charge in [0, 0.05) is 12.1 Å². The lowest BCUT2D eigenvalue weighted by atomic mass is 10.0. The lowest BCUT2D eigenvalue weighted by molar-refractivity contribution is 0.475. The molecule has 0 fully saturated rings. The van der Waals surface area contributed by atoms with Crippen LogP contribution in [0.5, 0.6) is 5.75 Å². The van der Waals surface area contributed by atoms with Crippen molar-refractivity contribution in [3.8, 4) is 5.75 Å². The van der Waals surface area contributed by atoms with E-state index < -0.39 is 0 Å². The van der Waals surface area contributed by atoms with Gasteiger partial charge < -0.3 is 10.4 Å². The molecule has 0 aliphatic heterocycles. The molecule has 4 rings (SSSR count). The Labute approximate surface area is 143 Å². The zero-order chi connectivity index (χ0) is 17.2. The van der Waals surface area contributed by atoms with Crippen LogP contribution in [-0.2, 0) is 0 Å². The second kappa shape index (κ2) is 6.16. The molecule has 0 unspecified atom stereocenters. The summed E-state index contributed by atoms with van der Waals surface area (Å²) in [5, 5.41) is 25.6. The molecule has 1 aromatic carbocycles. The third-order valence-electron chi connectivity index (χ3n) is 3.91. The Kier molecular flexibility index (Phi) is 3.70. The van der Waals surface area contributed by atoms with Gasteiger partial charge in [0.05, 0.1) is 0 Å². The van der Waals surface area contributed by atoms with E-state index in [0.29, 0.717) is 23.1 Å². The second-order valence-corrected chi connectivity index (χ2v) is 5.58. The molecule has 8 heteroatoms. The molecule has 124 valence electrons. The normalized spacial score (nSPS) is 12.2. The molecule has 0 spiro atoms. The molecule has 0 saturated carbocycles. The molecule has 0 amide bonds. The summed E-state index contributed by atoms with van der Waals surface area (Å²) in [7, 11) is 0. The second-order valence-electron chi connectivity index (χ2n) is 5.58. The number of aromatic nitrogens is 6.